The van der Waals surface area contributed by atoms with Gasteiger partial charge >= 0.3 is 0 Å². The van der Waals surface area contributed by atoms with E-state index in [9.17, 15) is 4.79 Å². The maximum absolute atomic E-state index is 12.2. The summed E-state index contributed by atoms with van der Waals surface area (Å²) < 4.78 is 11.4. The van der Waals surface area contributed by atoms with Crippen molar-refractivity contribution < 1.29 is 14.3 Å². The average Bonchev–Trinajstić information content (AvgIpc) is 3.41. The van der Waals surface area contributed by atoms with Crippen molar-refractivity contribution in [3.63, 3.8) is 0 Å². The summed E-state index contributed by atoms with van der Waals surface area (Å²) in [6.45, 7) is 2.39. The van der Waals surface area contributed by atoms with Crippen LogP contribution in [0, 0.1) is 5.92 Å². The van der Waals surface area contributed by atoms with Crippen molar-refractivity contribution in [2.45, 2.75) is 50.4 Å². The lowest BCUT2D eigenvalue weighted by Gasteiger charge is -2.32. The predicted molar refractivity (Wildman–Crippen MR) is 88.6 cm³/mol. The Hall–Kier alpha value is -1.66. The smallest absolute Gasteiger partial charge is 0.223 e. The molecule has 0 bridgehead atoms. The average molecular weight is 331 g/mol. The molecule has 3 fully saturated rings. The second-order valence-electron chi connectivity index (χ2n) is 7.04. The van der Waals surface area contributed by atoms with Crippen LogP contribution in [0.25, 0.3) is 0 Å². The first-order valence-electron chi connectivity index (χ1n) is 8.90. The fourth-order valence-corrected chi connectivity index (χ4v) is 3.96. The van der Waals surface area contributed by atoms with E-state index in [4.69, 9.17) is 9.47 Å². The maximum Gasteiger partial charge on any atom is 0.223 e. The number of aromatic nitrogens is 1. The molecule has 1 saturated carbocycles. The summed E-state index contributed by atoms with van der Waals surface area (Å²) >= 11 is 0. The third kappa shape index (κ3) is 3.13. The van der Waals surface area contributed by atoms with Crippen molar-refractivity contribution >= 4 is 5.91 Å². The number of fused-ring (bicyclic) bond motifs is 1. The van der Waals surface area contributed by atoms with Crippen molar-refractivity contribution in [1.29, 1.82) is 0 Å². The van der Waals surface area contributed by atoms with Crippen LogP contribution in [-0.4, -0.2) is 54.2 Å². The molecule has 1 aromatic heterocycles. The largest absolute Gasteiger partial charge is 0.481 e. The van der Waals surface area contributed by atoms with Gasteiger partial charge in [0.25, 0.3) is 0 Å². The lowest BCUT2D eigenvalue weighted by molar-refractivity contribution is -0.124. The third-order valence-electron chi connectivity index (χ3n) is 5.32. The fourth-order valence-electron chi connectivity index (χ4n) is 3.96. The minimum Gasteiger partial charge on any atom is -0.481 e. The predicted octanol–water partition coefficient (Wildman–Crippen LogP) is 1.35. The van der Waals surface area contributed by atoms with E-state index in [1.54, 1.807) is 13.3 Å². The van der Waals surface area contributed by atoms with Crippen molar-refractivity contribution in [2.75, 3.05) is 20.3 Å². The molecule has 2 saturated heterocycles. The summed E-state index contributed by atoms with van der Waals surface area (Å²) in [6, 6.07) is 4.44. The number of amides is 1. The number of rotatable bonds is 5. The summed E-state index contributed by atoms with van der Waals surface area (Å²) in [5, 5.41) is 3.23. The molecule has 0 radical (unpaired) electrons. The van der Waals surface area contributed by atoms with E-state index in [2.05, 4.69) is 21.3 Å². The van der Waals surface area contributed by atoms with Crippen LogP contribution in [0.2, 0.25) is 0 Å². The highest BCUT2D eigenvalue weighted by atomic mass is 16.5. The first-order chi connectivity index (χ1) is 11.8. The van der Waals surface area contributed by atoms with Gasteiger partial charge in [-0.1, -0.05) is 6.07 Å². The summed E-state index contributed by atoms with van der Waals surface area (Å²) in [4.78, 5) is 18.9. The topological polar surface area (TPSA) is 63.7 Å². The number of likely N-dealkylation sites (tertiary alicyclic amines) is 1. The van der Waals surface area contributed by atoms with Gasteiger partial charge in [-0.3, -0.25) is 9.69 Å². The maximum atomic E-state index is 12.2. The molecule has 6 nitrogen and oxygen atoms in total. The van der Waals surface area contributed by atoms with E-state index in [1.807, 2.05) is 6.07 Å². The molecular weight excluding hydrogens is 306 g/mol. The Kier molecular flexibility index (Phi) is 4.41. The minimum atomic E-state index is 0.0890. The van der Waals surface area contributed by atoms with E-state index < -0.39 is 0 Å². The molecule has 4 rings (SSSR count). The Morgan fingerprint density at radius 1 is 1.46 bits per heavy atom. The van der Waals surface area contributed by atoms with Gasteiger partial charge in [-0.05, 0) is 31.7 Å². The van der Waals surface area contributed by atoms with Crippen LogP contribution in [0.5, 0.6) is 5.88 Å². The molecule has 0 unspecified atom stereocenters. The molecule has 6 heteroatoms. The van der Waals surface area contributed by atoms with Gasteiger partial charge in [-0.2, -0.15) is 0 Å². The number of carbonyl (C=O) groups is 1. The number of methoxy groups -OCH3 is 1. The van der Waals surface area contributed by atoms with Gasteiger partial charge in [0.1, 0.15) is 0 Å². The molecular formula is C18H25N3O3. The molecule has 3 atom stereocenters. The summed E-state index contributed by atoms with van der Waals surface area (Å²) in [6.07, 6.45) is 6.10. The van der Waals surface area contributed by atoms with Crippen molar-refractivity contribution in [2.24, 2.45) is 5.92 Å². The number of hydrogen-bond donors (Lipinski definition) is 1. The van der Waals surface area contributed by atoms with Crippen LogP contribution >= 0.6 is 0 Å². The van der Waals surface area contributed by atoms with E-state index in [0.29, 0.717) is 11.9 Å². The van der Waals surface area contributed by atoms with Gasteiger partial charge < -0.3 is 14.8 Å². The monoisotopic (exact) mass is 331 g/mol. The van der Waals surface area contributed by atoms with Gasteiger partial charge in [-0.15, -0.1) is 0 Å². The van der Waals surface area contributed by atoms with E-state index in [-0.39, 0.29) is 24.0 Å². The van der Waals surface area contributed by atoms with Gasteiger partial charge in [0, 0.05) is 43.4 Å². The first-order valence-corrected chi connectivity index (χ1v) is 8.90. The van der Waals surface area contributed by atoms with Crippen LogP contribution in [0.4, 0.5) is 0 Å². The SMILES string of the molecule is COc1ncccc1CN1C[C@@H](NC(=O)C2CC2)[C@H]2OCCC[C@H]21. The summed E-state index contributed by atoms with van der Waals surface area (Å²) in [5.41, 5.74) is 1.08. The van der Waals surface area contributed by atoms with Crippen LogP contribution in [0.15, 0.2) is 18.3 Å². The zero-order valence-electron chi connectivity index (χ0n) is 14.1. The van der Waals surface area contributed by atoms with Gasteiger partial charge in [-0.25, -0.2) is 4.98 Å². The fraction of sp³-hybridized carbons (Fsp3) is 0.667. The van der Waals surface area contributed by atoms with E-state index in [1.165, 1.54) is 0 Å². The highest BCUT2D eigenvalue weighted by Crippen LogP contribution is 2.33. The molecule has 24 heavy (non-hydrogen) atoms. The highest BCUT2D eigenvalue weighted by Gasteiger charge is 2.45. The Morgan fingerprint density at radius 3 is 3.12 bits per heavy atom. The van der Waals surface area contributed by atoms with Crippen molar-refractivity contribution in [3.8, 4) is 5.88 Å². The lowest BCUT2D eigenvalue weighted by Crippen LogP contribution is -2.48. The van der Waals surface area contributed by atoms with Crippen LogP contribution < -0.4 is 10.1 Å². The van der Waals surface area contributed by atoms with Crippen molar-refractivity contribution in [3.05, 3.63) is 23.9 Å². The minimum absolute atomic E-state index is 0.0890. The third-order valence-corrected chi connectivity index (χ3v) is 5.32. The molecule has 1 aliphatic carbocycles. The Morgan fingerprint density at radius 2 is 2.33 bits per heavy atom. The van der Waals surface area contributed by atoms with Crippen LogP contribution in [-0.2, 0) is 16.1 Å². The normalized spacial score (nSPS) is 30.0. The molecule has 0 aromatic carbocycles. The second-order valence-corrected chi connectivity index (χ2v) is 7.04. The number of hydrogen-bond acceptors (Lipinski definition) is 5. The molecule has 1 N–H and O–H groups in total. The number of nitrogens with one attached hydrogen (secondary N) is 1. The number of pyridine rings is 1. The first kappa shape index (κ1) is 15.8. The zero-order chi connectivity index (χ0) is 16.5. The van der Waals surface area contributed by atoms with Gasteiger partial charge in [0.2, 0.25) is 11.8 Å². The molecule has 1 aromatic rings. The van der Waals surface area contributed by atoms with E-state index >= 15 is 0 Å². The van der Waals surface area contributed by atoms with Gasteiger partial charge in [0.15, 0.2) is 0 Å². The lowest BCUT2D eigenvalue weighted by atomic mass is 10.0. The molecule has 0 spiro atoms. The van der Waals surface area contributed by atoms with Crippen LogP contribution in [0.3, 0.4) is 0 Å². The Balaban J connectivity index is 1.48. The highest BCUT2D eigenvalue weighted by molar-refractivity contribution is 5.81. The van der Waals surface area contributed by atoms with Gasteiger partial charge in [0.05, 0.1) is 19.3 Å². The molecule has 2 aliphatic heterocycles. The number of nitrogens with zero attached hydrogens (tertiary/aromatic N) is 2. The molecule has 3 heterocycles. The summed E-state index contributed by atoms with van der Waals surface area (Å²) in [7, 11) is 1.65. The Bertz CT molecular complexity index is 605. The van der Waals surface area contributed by atoms with Crippen molar-refractivity contribution in [1.82, 2.24) is 15.2 Å². The standard InChI is InChI=1S/C18H25N3O3/c1-23-18-13(4-2-8-19-18)10-21-11-14(20-17(22)12-6-7-12)16-15(21)5-3-9-24-16/h2,4,8,12,14-16H,3,5-7,9-11H2,1H3,(H,20,22)/t14-,15-,16-/m1/s1. The number of carbonyl (C=O) groups excluding carboxylic acids is 1. The quantitative estimate of drug-likeness (QED) is 0.882. The summed E-state index contributed by atoms with van der Waals surface area (Å²) in [5.74, 6) is 1.12. The molecule has 130 valence electrons. The van der Waals surface area contributed by atoms with E-state index in [0.717, 1.165) is 50.9 Å². The second kappa shape index (κ2) is 6.69. The zero-order valence-corrected chi connectivity index (χ0v) is 14.1. The molecule has 3 aliphatic rings. The Labute approximate surface area is 142 Å². The molecule has 1 amide bonds. The number of ether oxygens (including phenoxy) is 2. The van der Waals surface area contributed by atoms with Crippen LogP contribution in [0.1, 0.15) is 31.2 Å².